The number of halogens is 2. The summed E-state index contributed by atoms with van der Waals surface area (Å²) < 4.78 is 29.9. The van der Waals surface area contributed by atoms with E-state index in [9.17, 15) is 13.6 Å². The highest BCUT2D eigenvalue weighted by Gasteiger charge is 2.24. The summed E-state index contributed by atoms with van der Waals surface area (Å²) in [5.41, 5.74) is 0.673. The van der Waals surface area contributed by atoms with Crippen LogP contribution >= 0.6 is 0 Å². The minimum Gasteiger partial charge on any atom is -0.287 e. The number of benzene rings is 1. The Morgan fingerprint density at radius 2 is 1.64 bits per heavy atom. The van der Waals surface area contributed by atoms with Gasteiger partial charge in [-0.1, -0.05) is 27.7 Å². The number of rotatable bonds is 3. The Labute approximate surface area is 129 Å². The standard InChI is InChI=1S/C17H22F2N2O/c1-8(2)13-14(19)12(18)7-11-16(13)21(10(5)6)20-15(9(3)4)17(11)22/h7-10H,1-6H3. The predicted octanol–water partition coefficient (Wildman–Crippen LogP) is 4.50. The first kappa shape index (κ1) is 16.6. The molecule has 0 aliphatic rings. The highest BCUT2D eigenvalue weighted by atomic mass is 19.2. The van der Waals surface area contributed by atoms with Crippen LogP contribution in [0.15, 0.2) is 10.9 Å². The SMILES string of the molecule is CC(C)c1nn(C(C)C)c2c(C(C)C)c(F)c(F)cc2c1=O. The Kier molecular flexibility index (Phi) is 4.36. The van der Waals surface area contributed by atoms with Crippen molar-refractivity contribution in [2.24, 2.45) is 0 Å². The van der Waals surface area contributed by atoms with Crippen molar-refractivity contribution in [2.75, 3.05) is 0 Å². The lowest BCUT2D eigenvalue weighted by molar-refractivity contribution is 0.486. The number of hydrogen-bond donors (Lipinski definition) is 0. The summed E-state index contributed by atoms with van der Waals surface area (Å²) in [6.45, 7) is 11.1. The van der Waals surface area contributed by atoms with Crippen molar-refractivity contribution in [1.82, 2.24) is 9.78 Å². The van der Waals surface area contributed by atoms with E-state index in [1.165, 1.54) is 0 Å². The van der Waals surface area contributed by atoms with Crippen LogP contribution in [0.25, 0.3) is 10.9 Å². The van der Waals surface area contributed by atoms with Gasteiger partial charge in [0.1, 0.15) is 5.69 Å². The van der Waals surface area contributed by atoms with Gasteiger partial charge in [0.25, 0.3) is 0 Å². The maximum absolute atomic E-state index is 14.3. The Morgan fingerprint density at radius 3 is 2.09 bits per heavy atom. The van der Waals surface area contributed by atoms with Gasteiger partial charge in [-0.25, -0.2) is 8.78 Å². The van der Waals surface area contributed by atoms with Crippen LogP contribution < -0.4 is 5.43 Å². The molecule has 0 atom stereocenters. The van der Waals surface area contributed by atoms with Crippen LogP contribution in [0.5, 0.6) is 0 Å². The van der Waals surface area contributed by atoms with Gasteiger partial charge in [0.15, 0.2) is 11.6 Å². The van der Waals surface area contributed by atoms with Gasteiger partial charge in [-0.05, 0) is 25.8 Å². The zero-order valence-corrected chi connectivity index (χ0v) is 13.9. The van der Waals surface area contributed by atoms with Crippen LogP contribution in [0.1, 0.15) is 70.7 Å². The third-order valence-electron chi connectivity index (χ3n) is 3.76. The first-order valence-electron chi connectivity index (χ1n) is 7.61. The quantitative estimate of drug-likeness (QED) is 0.836. The highest BCUT2D eigenvalue weighted by Crippen LogP contribution is 2.30. The topological polar surface area (TPSA) is 34.9 Å². The molecule has 0 saturated heterocycles. The Balaban J connectivity index is 3.12. The van der Waals surface area contributed by atoms with Gasteiger partial charge in [-0.3, -0.25) is 9.48 Å². The maximum atomic E-state index is 14.3. The molecular weight excluding hydrogens is 286 g/mol. The van der Waals surface area contributed by atoms with E-state index in [4.69, 9.17) is 0 Å². The summed E-state index contributed by atoms with van der Waals surface area (Å²) in [6.07, 6.45) is 0. The molecule has 0 unspecified atom stereocenters. The van der Waals surface area contributed by atoms with E-state index in [-0.39, 0.29) is 34.3 Å². The third-order valence-corrected chi connectivity index (χ3v) is 3.76. The van der Waals surface area contributed by atoms with E-state index >= 15 is 0 Å². The van der Waals surface area contributed by atoms with Crippen LogP contribution in [0.2, 0.25) is 0 Å². The van der Waals surface area contributed by atoms with Gasteiger partial charge in [0.05, 0.1) is 10.9 Å². The van der Waals surface area contributed by atoms with Crippen molar-refractivity contribution in [3.8, 4) is 0 Å². The van der Waals surface area contributed by atoms with Gasteiger partial charge < -0.3 is 0 Å². The summed E-state index contributed by atoms with van der Waals surface area (Å²) in [7, 11) is 0. The Hall–Kier alpha value is -1.78. The Morgan fingerprint density at radius 1 is 1.05 bits per heavy atom. The second-order valence-electron chi connectivity index (χ2n) is 6.54. The van der Waals surface area contributed by atoms with Crippen LogP contribution in [0.4, 0.5) is 8.78 Å². The summed E-state index contributed by atoms with van der Waals surface area (Å²) in [6, 6.07) is 0.939. The summed E-state index contributed by atoms with van der Waals surface area (Å²) in [4.78, 5) is 12.6. The van der Waals surface area contributed by atoms with Crippen molar-refractivity contribution in [3.63, 3.8) is 0 Å². The summed E-state index contributed by atoms with van der Waals surface area (Å²) >= 11 is 0. The summed E-state index contributed by atoms with van der Waals surface area (Å²) in [5, 5.41) is 4.63. The molecule has 0 fully saturated rings. The molecule has 0 radical (unpaired) electrons. The fourth-order valence-electron chi connectivity index (χ4n) is 2.68. The van der Waals surface area contributed by atoms with Gasteiger partial charge in [0.2, 0.25) is 5.43 Å². The lowest BCUT2D eigenvalue weighted by atomic mass is 9.97. The monoisotopic (exact) mass is 308 g/mol. The first-order valence-corrected chi connectivity index (χ1v) is 7.61. The molecule has 3 nitrogen and oxygen atoms in total. The number of hydrogen-bond acceptors (Lipinski definition) is 2. The molecule has 1 aromatic carbocycles. The largest absolute Gasteiger partial charge is 0.287 e. The second kappa shape index (κ2) is 5.78. The van der Waals surface area contributed by atoms with E-state index in [2.05, 4.69) is 5.10 Å². The van der Waals surface area contributed by atoms with Crippen molar-refractivity contribution in [3.05, 3.63) is 39.2 Å². The zero-order valence-electron chi connectivity index (χ0n) is 13.9. The van der Waals surface area contributed by atoms with Gasteiger partial charge in [-0.15, -0.1) is 0 Å². The molecule has 0 N–H and O–H groups in total. The van der Waals surface area contributed by atoms with Crippen LogP contribution in [0.3, 0.4) is 0 Å². The highest BCUT2D eigenvalue weighted by molar-refractivity contribution is 5.83. The predicted molar refractivity (Wildman–Crippen MR) is 84.5 cm³/mol. The van der Waals surface area contributed by atoms with Crippen LogP contribution in [0, 0.1) is 11.6 Å². The average Bonchev–Trinajstić information content (AvgIpc) is 2.40. The lowest BCUT2D eigenvalue weighted by Gasteiger charge is -2.21. The van der Waals surface area contributed by atoms with Crippen LogP contribution in [-0.4, -0.2) is 9.78 Å². The van der Waals surface area contributed by atoms with E-state index < -0.39 is 11.6 Å². The molecule has 0 amide bonds. The first-order chi connectivity index (χ1) is 10.2. The van der Waals surface area contributed by atoms with Gasteiger partial charge in [-0.2, -0.15) is 5.10 Å². The van der Waals surface area contributed by atoms with Gasteiger partial charge in [0, 0.05) is 17.5 Å². The molecule has 5 heteroatoms. The van der Waals surface area contributed by atoms with Crippen LogP contribution in [-0.2, 0) is 0 Å². The summed E-state index contributed by atoms with van der Waals surface area (Å²) in [5.74, 6) is -2.22. The fourth-order valence-corrected chi connectivity index (χ4v) is 2.68. The molecule has 2 aromatic rings. The lowest BCUT2D eigenvalue weighted by Crippen LogP contribution is -2.23. The number of nitrogens with zero attached hydrogens (tertiary/aromatic N) is 2. The third kappa shape index (κ3) is 2.53. The fraction of sp³-hybridized carbons (Fsp3) is 0.529. The molecule has 22 heavy (non-hydrogen) atoms. The van der Waals surface area contributed by atoms with Crippen molar-refractivity contribution < 1.29 is 8.78 Å². The molecule has 1 heterocycles. The van der Waals surface area contributed by atoms with Crippen molar-refractivity contribution >= 4 is 10.9 Å². The normalized spacial score (nSPS) is 12.1. The molecule has 2 rings (SSSR count). The number of fused-ring (bicyclic) bond motifs is 1. The minimum atomic E-state index is -0.982. The molecule has 0 aliphatic carbocycles. The molecule has 0 saturated carbocycles. The number of aromatic nitrogens is 2. The molecule has 0 aliphatic heterocycles. The van der Waals surface area contributed by atoms with E-state index in [0.717, 1.165) is 6.07 Å². The second-order valence-corrected chi connectivity index (χ2v) is 6.54. The van der Waals surface area contributed by atoms with E-state index in [1.54, 1.807) is 18.5 Å². The van der Waals surface area contributed by atoms with Gasteiger partial charge >= 0.3 is 0 Å². The van der Waals surface area contributed by atoms with Crippen molar-refractivity contribution in [1.29, 1.82) is 0 Å². The molecule has 120 valence electrons. The Bertz CT molecular complexity index is 777. The molecule has 0 spiro atoms. The minimum absolute atomic E-state index is 0.0667. The average molecular weight is 308 g/mol. The maximum Gasteiger partial charge on any atom is 0.211 e. The van der Waals surface area contributed by atoms with Crippen molar-refractivity contribution in [2.45, 2.75) is 59.4 Å². The molecular formula is C17H22F2N2O. The van der Waals surface area contributed by atoms with E-state index in [1.807, 2.05) is 27.7 Å². The zero-order chi connectivity index (χ0) is 16.8. The molecule has 0 bridgehead atoms. The molecule has 1 aromatic heterocycles. The smallest absolute Gasteiger partial charge is 0.211 e. The van der Waals surface area contributed by atoms with E-state index in [0.29, 0.717) is 11.2 Å².